The second-order valence-corrected chi connectivity index (χ2v) is 6.08. The first-order valence-electron chi connectivity index (χ1n) is 8.51. The molecule has 3 aromatic rings. The van der Waals surface area contributed by atoms with Gasteiger partial charge in [-0.15, -0.1) is 0 Å². The molecule has 0 aliphatic rings. The van der Waals surface area contributed by atoms with E-state index in [1.165, 1.54) is 12.1 Å². The quantitative estimate of drug-likeness (QED) is 0.701. The molecule has 3 rings (SSSR count). The monoisotopic (exact) mass is 353 g/mol. The SMILES string of the molecule is Cc1ccccc1CNC(=O)CCCc1nc(-c2ccc(F)cc2)no1. The highest BCUT2D eigenvalue weighted by atomic mass is 19.1. The maximum Gasteiger partial charge on any atom is 0.226 e. The molecule has 5 nitrogen and oxygen atoms in total. The third-order valence-electron chi connectivity index (χ3n) is 4.10. The van der Waals surface area contributed by atoms with Crippen LogP contribution in [0, 0.1) is 12.7 Å². The molecule has 1 N–H and O–H groups in total. The van der Waals surface area contributed by atoms with Gasteiger partial charge in [0, 0.05) is 24.9 Å². The van der Waals surface area contributed by atoms with Crippen LogP contribution in [0.5, 0.6) is 0 Å². The van der Waals surface area contributed by atoms with Gasteiger partial charge in [0.25, 0.3) is 0 Å². The molecule has 0 aliphatic heterocycles. The van der Waals surface area contributed by atoms with Crippen molar-refractivity contribution in [1.29, 1.82) is 0 Å². The first-order chi connectivity index (χ1) is 12.6. The fourth-order valence-corrected chi connectivity index (χ4v) is 2.56. The summed E-state index contributed by atoms with van der Waals surface area (Å²) in [7, 11) is 0. The molecule has 0 atom stereocenters. The van der Waals surface area contributed by atoms with E-state index in [1.807, 2.05) is 31.2 Å². The van der Waals surface area contributed by atoms with E-state index in [0.29, 0.717) is 43.1 Å². The van der Waals surface area contributed by atoms with E-state index < -0.39 is 0 Å². The lowest BCUT2D eigenvalue weighted by molar-refractivity contribution is -0.121. The van der Waals surface area contributed by atoms with Gasteiger partial charge in [-0.3, -0.25) is 4.79 Å². The highest BCUT2D eigenvalue weighted by Gasteiger charge is 2.10. The summed E-state index contributed by atoms with van der Waals surface area (Å²) >= 11 is 0. The highest BCUT2D eigenvalue weighted by Crippen LogP contribution is 2.16. The van der Waals surface area contributed by atoms with Crippen LogP contribution in [0.1, 0.15) is 29.9 Å². The van der Waals surface area contributed by atoms with Gasteiger partial charge in [0.05, 0.1) is 0 Å². The van der Waals surface area contributed by atoms with E-state index in [2.05, 4.69) is 15.5 Å². The summed E-state index contributed by atoms with van der Waals surface area (Å²) in [5.41, 5.74) is 2.96. The second kappa shape index (κ2) is 8.38. The molecule has 0 spiro atoms. The van der Waals surface area contributed by atoms with Crippen LogP contribution in [-0.2, 0) is 17.8 Å². The van der Waals surface area contributed by atoms with Gasteiger partial charge >= 0.3 is 0 Å². The van der Waals surface area contributed by atoms with E-state index in [-0.39, 0.29) is 11.7 Å². The normalized spacial score (nSPS) is 10.7. The van der Waals surface area contributed by atoms with Crippen molar-refractivity contribution in [2.24, 2.45) is 0 Å². The van der Waals surface area contributed by atoms with Crippen molar-refractivity contribution in [2.75, 3.05) is 0 Å². The summed E-state index contributed by atoms with van der Waals surface area (Å²) in [4.78, 5) is 16.2. The summed E-state index contributed by atoms with van der Waals surface area (Å²) in [5.74, 6) is 0.570. The Bertz CT molecular complexity index is 875. The van der Waals surface area contributed by atoms with Gasteiger partial charge in [0.15, 0.2) is 0 Å². The third-order valence-corrected chi connectivity index (χ3v) is 4.10. The minimum Gasteiger partial charge on any atom is -0.352 e. The molecule has 134 valence electrons. The molecular formula is C20H20FN3O2. The van der Waals surface area contributed by atoms with Crippen LogP contribution in [0.3, 0.4) is 0 Å². The maximum absolute atomic E-state index is 12.9. The van der Waals surface area contributed by atoms with Gasteiger partial charge in [-0.05, 0) is 48.7 Å². The predicted octanol–water partition coefficient (Wildman–Crippen LogP) is 3.82. The summed E-state index contributed by atoms with van der Waals surface area (Å²) < 4.78 is 18.1. The van der Waals surface area contributed by atoms with Crippen molar-refractivity contribution >= 4 is 5.91 Å². The number of aromatic nitrogens is 2. The Kier molecular flexibility index (Phi) is 5.73. The Balaban J connectivity index is 1.44. The zero-order chi connectivity index (χ0) is 18.4. The Morgan fingerprint density at radius 1 is 1.15 bits per heavy atom. The van der Waals surface area contributed by atoms with Crippen molar-refractivity contribution in [1.82, 2.24) is 15.5 Å². The van der Waals surface area contributed by atoms with Crippen molar-refractivity contribution in [3.05, 3.63) is 71.4 Å². The number of carbonyl (C=O) groups is 1. The molecule has 0 bridgehead atoms. The minimum absolute atomic E-state index is 0.00785. The number of amides is 1. The molecule has 0 radical (unpaired) electrons. The number of carbonyl (C=O) groups excluding carboxylic acids is 1. The topological polar surface area (TPSA) is 68.0 Å². The molecule has 2 aromatic carbocycles. The van der Waals surface area contributed by atoms with Gasteiger partial charge in [0.1, 0.15) is 5.82 Å². The lowest BCUT2D eigenvalue weighted by Crippen LogP contribution is -2.22. The van der Waals surface area contributed by atoms with Gasteiger partial charge in [-0.25, -0.2) is 4.39 Å². The van der Waals surface area contributed by atoms with Crippen LogP contribution >= 0.6 is 0 Å². The molecule has 1 aromatic heterocycles. The number of nitrogens with one attached hydrogen (secondary N) is 1. The smallest absolute Gasteiger partial charge is 0.226 e. The first-order valence-corrected chi connectivity index (χ1v) is 8.51. The zero-order valence-electron chi connectivity index (χ0n) is 14.5. The average molecular weight is 353 g/mol. The van der Waals surface area contributed by atoms with Crippen LogP contribution < -0.4 is 5.32 Å². The fourth-order valence-electron chi connectivity index (χ4n) is 2.56. The standard InChI is InChI=1S/C20H20FN3O2/c1-14-5-2-3-6-16(14)13-22-18(25)7-4-8-19-23-20(24-26-19)15-9-11-17(21)12-10-15/h2-3,5-6,9-12H,4,7-8,13H2,1H3,(H,22,25). The zero-order valence-corrected chi connectivity index (χ0v) is 14.5. The molecule has 0 saturated carbocycles. The number of hydrogen-bond donors (Lipinski definition) is 1. The third kappa shape index (κ3) is 4.75. The van der Waals surface area contributed by atoms with Crippen molar-refractivity contribution in [3.63, 3.8) is 0 Å². The van der Waals surface area contributed by atoms with Crippen LogP contribution in [0.25, 0.3) is 11.4 Å². The van der Waals surface area contributed by atoms with Gasteiger partial charge < -0.3 is 9.84 Å². The Morgan fingerprint density at radius 2 is 1.92 bits per heavy atom. The van der Waals surface area contributed by atoms with Crippen molar-refractivity contribution in [3.8, 4) is 11.4 Å². The molecular weight excluding hydrogens is 333 g/mol. The molecule has 26 heavy (non-hydrogen) atoms. The summed E-state index contributed by atoms with van der Waals surface area (Å²) in [5, 5.41) is 6.81. The number of aryl methyl sites for hydroxylation is 2. The second-order valence-electron chi connectivity index (χ2n) is 6.08. The van der Waals surface area contributed by atoms with Crippen LogP contribution in [-0.4, -0.2) is 16.0 Å². The summed E-state index contributed by atoms with van der Waals surface area (Å²) in [6.07, 6.45) is 1.52. The molecule has 6 heteroatoms. The number of benzene rings is 2. The summed E-state index contributed by atoms with van der Waals surface area (Å²) in [6.45, 7) is 2.55. The average Bonchev–Trinajstić information content (AvgIpc) is 3.10. The molecule has 0 fully saturated rings. The lowest BCUT2D eigenvalue weighted by Gasteiger charge is -2.07. The molecule has 1 amide bonds. The van der Waals surface area contributed by atoms with E-state index >= 15 is 0 Å². The number of nitrogens with zero attached hydrogens (tertiary/aromatic N) is 2. The Hall–Kier alpha value is -3.02. The number of hydrogen-bond acceptors (Lipinski definition) is 4. The van der Waals surface area contributed by atoms with Gasteiger partial charge in [-0.1, -0.05) is 29.4 Å². The van der Waals surface area contributed by atoms with E-state index in [0.717, 1.165) is 11.1 Å². The molecule has 0 aliphatic carbocycles. The van der Waals surface area contributed by atoms with Crippen LogP contribution in [0.2, 0.25) is 0 Å². The number of halogens is 1. The Morgan fingerprint density at radius 3 is 2.69 bits per heavy atom. The van der Waals surface area contributed by atoms with Crippen molar-refractivity contribution in [2.45, 2.75) is 32.7 Å². The predicted molar refractivity (Wildman–Crippen MR) is 95.7 cm³/mol. The molecule has 0 saturated heterocycles. The van der Waals surface area contributed by atoms with E-state index in [9.17, 15) is 9.18 Å². The fraction of sp³-hybridized carbons (Fsp3) is 0.250. The van der Waals surface area contributed by atoms with Crippen molar-refractivity contribution < 1.29 is 13.7 Å². The van der Waals surface area contributed by atoms with Gasteiger partial charge in [0.2, 0.25) is 17.6 Å². The lowest BCUT2D eigenvalue weighted by atomic mass is 10.1. The van der Waals surface area contributed by atoms with Crippen LogP contribution in [0.15, 0.2) is 53.1 Å². The Labute approximate surface area is 151 Å². The van der Waals surface area contributed by atoms with Gasteiger partial charge in [-0.2, -0.15) is 4.98 Å². The molecule has 1 heterocycles. The first kappa shape index (κ1) is 17.8. The van der Waals surface area contributed by atoms with Crippen LogP contribution in [0.4, 0.5) is 4.39 Å². The maximum atomic E-state index is 12.9. The van der Waals surface area contributed by atoms with E-state index in [1.54, 1.807) is 12.1 Å². The summed E-state index contributed by atoms with van der Waals surface area (Å²) in [6, 6.07) is 13.9. The highest BCUT2D eigenvalue weighted by molar-refractivity contribution is 5.75. The minimum atomic E-state index is -0.311. The largest absolute Gasteiger partial charge is 0.352 e. The number of rotatable bonds is 7. The van der Waals surface area contributed by atoms with E-state index in [4.69, 9.17) is 4.52 Å². The molecule has 0 unspecified atom stereocenters.